The Balaban J connectivity index is 1.35. The maximum Gasteiger partial charge on any atom is 0.450 e. The second-order valence-corrected chi connectivity index (χ2v) is 9.54. The molecule has 2 aliphatic rings. The second kappa shape index (κ2) is 9.71. The maximum absolute atomic E-state index is 13.4. The molecular formula is C27H28F3N3O3. The summed E-state index contributed by atoms with van der Waals surface area (Å²) in [6, 6.07) is 14.3. The van der Waals surface area contributed by atoms with Gasteiger partial charge in [-0.25, -0.2) is 4.98 Å². The predicted octanol–water partition coefficient (Wildman–Crippen LogP) is 5.12. The first-order valence-electron chi connectivity index (χ1n) is 12.0. The molecule has 1 spiro atoms. The van der Waals surface area contributed by atoms with E-state index in [2.05, 4.69) is 9.88 Å². The van der Waals surface area contributed by atoms with Gasteiger partial charge in [0, 0.05) is 41.7 Å². The van der Waals surface area contributed by atoms with Gasteiger partial charge in [-0.3, -0.25) is 14.3 Å². The number of carbonyl (C=O) groups is 1. The van der Waals surface area contributed by atoms with E-state index in [1.807, 2.05) is 30.3 Å². The van der Waals surface area contributed by atoms with Crippen LogP contribution in [-0.4, -0.2) is 59.2 Å². The van der Waals surface area contributed by atoms with Crippen molar-refractivity contribution in [2.24, 2.45) is 0 Å². The lowest BCUT2D eigenvalue weighted by Crippen LogP contribution is -2.49. The van der Waals surface area contributed by atoms with Crippen LogP contribution in [0.5, 0.6) is 5.75 Å². The molecule has 2 atom stereocenters. The number of ether oxygens (including phenoxy) is 2. The van der Waals surface area contributed by atoms with Crippen LogP contribution in [0.2, 0.25) is 0 Å². The van der Waals surface area contributed by atoms with Crippen molar-refractivity contribution in [3.8, 4) is 11.4 Å². The van der Waals surface area contributed by atoms with E-state index in [9.17, 15) is 18.0 Å². The number of halogens is 3. The predicted molar refractivity (Wildman–Crippen MR) is 128 cm³/mol. The van der Waals surface area contributed by atoms with E-state index < -0.39 is 17.6 Å². The minimum atomic E-state index is -4.56. The number of methoxy groups -OCH3 is 1. The van der Waals surface area contributed by atoms with Crippen molar-refractivity contribution in [1.29, 1.82) is 0 Å². The number of ketones is 1. The van der Waals surface area contributed by atoms with Gasteiger partial charge in [0.2, 0.25) is 5.82 Å². The zero-order valence-electron chi connectivity index (χ0n) is 20.0. The molecule has 0 saturated carbocycles. The molecule has 2 saturated heterocycles. The Morgan fingerprint density at radius 1 is 1.22 bits per heavy atom. The van der Waals surface area contributed by atoms with Crippen LogP contribution in [0, 0.1) is 0 Å². The number of carbonyl (C=O) groups excluding carboxylic acids is 1. The number of aromatic nitrogens is 2. The molecule has 0 unspecified atom stereocenters. The van der Waals surface area contributed by atoms with Crippen LogP contribution in [-0.2, 0) is 10.9 Å². The number of likely N-dealkylation sites (tertiary alicyclic amines) is 1. The van der Waals surface area contributed by atoms with Crippen molar-refractivity contribution in [3.05, 3.63) is 77.9 Å². The number of hydrogen-bond acceptors (Lipinski definition) is 5. The number of benzene rings is 2. The van der Waals surface area contributed by atoms with Gasteiger partial charge >= 0.3 is 6.18 Å². The van der Waals surface area contributed by atoms with Crippen molar-refractivity contribution < 1.29 is 27.4 Å². The highest BCUT2D eigenvalue weighted by molar-refractivity contribution is 5.97. The number of rotatable bonds is 6. The fourth-order valence-electron chi connectivity index (χ4n) is 5.48. The van der Waals surface area contributed by atoms with Crippen LogP contribution in [0.4, 0.5) is 13.2 Å². The second-order valence-electron chi connectivity index (χ2n) is 9.54. The van der Waals surface area contributed by atoms with Crippen LogP contribution in [0.3, 0.4) is 0 Å². The molecule has 36 heavy (non-hydrogen) atoms. The maximum atomic E-state index is 13.4. The minimum Gasteiger partial charge on any atom is -0.496 e. The van der Waals surface area contributed by atoms with Gasteiger partial charge in [-0.15, -0.1) is 0 Å². The number of Topliss-reactive ketones (excluding diaryl/α,β-unsaturated/α-hetero) is 1. The Kier molecular flexibility index (Phi) is 6.61. The molecule has 0 amide bonds. The first-order valence-corrected chi connectivity index (χ1v) is 12.0. The Morgan fingerprint density at radius 3 is 2.78 bits per heavy atom. The van der Waals surface area contributed by atoms with Gasteiger partial charge < -0.3 is 9.47 Å². The largest absolute Gasteiger partial charge is 0.496 e. The topological polar surface area (TPSA) is 56.6 Å². The molecule has 2 aromatic carbocycles. The smallest absolute Gasteiger partial charge is 0.450 e. The van der Waals surface area contributed by atoms with E-state index in [0.29, 0.717) is 43.1 Å². The van der Waals surface area contributed by atoms with Crippen LogP contribution >= 0.6 is 0 Å². The van der Waals surface area contributed by atoms with Crippen molar-refractivity contribution in [2.45, 2.75) is 37.0 Å². The van der Waals surface area contributed by atoms with E-state index in [1.165, 1.54) is 6.20 Å². The summed E-state index contributed by atoms with van der Waals surface area (Å²) in [6.45, 7) is 2.24. The number of imidazole rings is 1. The third-order valence-corrected chi connectivity index (χ3v) is 7.12. The van der Waals surface area contributed by atoms with Gasteiger partial charge in [-0.1, -0.05) is 30.3 Å². The molecule has 6 nitrogen and oxygen atoms in total. The summed E-state index contributed by atoms with van der Waals surface area (Å²) >= 11 is 0. The zero-order valence-corrected chi connectivity index (χ0v) is 20.0. The molecular weight excluding hydrogens is 471 g/mol. The van der Waals surface area contributed by atoms with Crippen molar-refractivity contribution >= 4 is 5.78 Å². The summed E-state index contributed by atoms with van der Waals surface area (Å²) in [7, 11) is 1.56. The van der Waals surface area contributed by atoms with Gasteiger partial charge in [0.1, 0.15) is 5.75 Å². The molecule has 5 rings (SSSR count). The molecule has 3 aromatic rings. The molecule has 2 aliphatic heterocycles. The zero-order chi connectivity index (χ0) is 25.3. The lowest BCUT2D eigenvalue weighted by atomic mass is 9.83. The number of hydrogen-bond donors (Lipinski definition) is 0. The highest BCUT2D eigenvalue weighted by Gasteiger charge is 2.45. The van der Waals surface area contributed by atoms with Gasteiger partial charge in [0.05, 0.1) is 25.9 Å². The summed E-state index contributed by atoms with van der Waals surface area (Å²) in [6.07, 6.45) is 0.389. The highest BCUT2D eigenvalue weighted by atomic mass is 19.4. The molecule has 190 valence electrons. The first kappa shape index (κ1) is 24.5. The van der Waals surface area contributed by atoms with Gasteiger partial charge in [-0.05, 0) is 44.0 Å². The Hall–Kier alpha value is -3.17. The lowest BCUT2D eigenvalue weighted by molar-refractivity contribution is -0.145. The van der Waals surface area contributed by atoms with E-state index in [1.54, 1.807) is 25.3 Å². The average molecular weight is 500 g/mol. The summed E-state index contributed by atoms with van der Waals surface area (Å²) in [5.41, 5.74) is 1.48. The Bertz CT molecular complexity index is 1230. The third-order valence-electron chi connectivity index (χ3n) is 7.12. The first-order chi connectivity index (χ1) is 17.3. The van der Waals surface area contributed by atoms with Gasteiger partial charge in [0.15, 0.2) is 5.78 Å². The van der Waals surface area contributed by atoms with E-state index in [-0.39, 0.29) is 11.7 Å². The van der Waals surface area contributed by atoms with Gasteiger partial charge in [-0.2, -0.15) is 13.2 Å². The molecule has 1 aromatic heterocycles. The fraction of sp³-hybridized carbons (Fsp3) is 0.407. The van der Waals surface area contributed by atoms with Crippen LogP contribution in [0.25, 0.3) is 5.69 Å². The van der Waals surface area contributed by atoms with E-state index >= 15 is 0 Å². The quantitative estimate of drug-likeness (QED) is 0.441. The molecule has 9 heteroatoms. The summed E-state index contributed by atoms with van der Waals surface area (Å²) in [5.74, 6) is -0.311. The van der Waals surface area contributed by atoms with Crippen LogP contribution in [0.15, 0.2) is 60.9 Å². The van der Waals surface area contributed by atoms with E-state index in [0.717, 1.165) is 35.7 Å². The minimum absolute atomic E-state index is 0.0393. The summed E-state index contributed by atoms with van der Waals surface area (Å²) < 4.78 is 53.3. The summed E-state index contributed by atoms with van der Waals surface area (Å²) in [5, 5.41) is 0. The monoisotopic (exact) mass is 499 g/mol. The molecule has 0 aliphatic carbocycles. The molecule has 0 bridgehead atoms. The van der Waals surface area contributed by atoms with Crippen molar-refractivity contribution in [3.63, 3.8) is 0 Å². The fourth-order valence-corrected chi connectivity index (χ4v) is 5.48. The Labute approximate surface area is 207 Å². The number of piperidine rings is 1. The van der Waals surface area contributed by atoms with Crippen molar-refractivity contribution in [1.82, 2.24) is 14.5 Å². The molecule has 0 radical (unpaired) electrons. The normalized spacial score (nSPS) is 22.7. The SMILES string of the molecule is COc1ccc(-n2ccnc2C(F)(F)F)cc1[C@@H]1CO[C@]2(CCCN(CC(=O)c3ccccc3)C2)C1. The van der Waals surface area contributed by atoms with Gasteiger partial charge in [0.25, 0.3) is 0 Å². The van der Waals surface area contributed by atoms with Crippen LogP contribution in [0.1, 0.15) is 46.9 Å². The third kappa shape index (κ3) is 4.90. The average Bonchev–Trinajstić information content (AvgIpc) is 3.52. The Morgan fingerprint density at radius 2 is 2.03 bits per heavy atom. The number of nitrogens with zero attached hydrogens (tertiary/aromatic N) is 3. The van der Waals surface area contributed by atoms with E-state index in [4.69, 9.17) is 9.47 Å². The highest BCUT2D eigenvalue weighted by Crippen LogP contribution is 2.44. The summed E-state index contributed by atoms with van der Waals surface area (Å²) in [4.78, 5) is 18.4. The molecule has 0 N–H and O–H groups in total. The molecule has 2 fully saturated rings. The standard InChI is InChI=1S/C27H28F3N3O3/c1-35-24-9-8-21(33-13-11-31-25(33)27(28,29)30)14-22(24)20-15-26(36-17-20)10-5-12-32(18-26)16-23(34)19-6-3-2-4-7-19/h2-4,6-9,11,13-14,20H,5,10,12,15-18H2,1H3/t20-,26+/m0/s1. The lowest BCUT2D eigenvalue weighted by Gasteiger charge is -2.39. The molecule has 3 heterocycles. The number of alkyl halides is 3. The van der Waals surface area contributed by atoms with Crippen LogP contribution < -0.4 is 4.74 Å². The van der Waals surface area contributed by atoms with Crippen molar-refractivity contribution in [2.75, 3.05) is 33.4 Å².